The van der Waals surface area contributed by atoms with Gasteiger partial charge in [-0.15, -0.1) is 0 Å². The monoisotopic (exact) mass is 788 g/mol. The van der Waals surface area contributed by atoms with Crippen molar-refractivity contribution in [1.29, 1.82) is 0 Å². The molecule has 0 saturated heterocycles. The zero-order valence-corrected chi connectivity index (χ0v) is 33.9. The van der Waals surface area contributed by atoms with E-state index in [9.17, 15) is 4.79 Å². The highest BCUT2D eigenvalue weighted by Gasteiger charge is 2.24. The Hall–Kier alpha value is -7.89. The second kappa shape index (κ2) is 16.4. The first kappa shape index (κ1) is 37.4. The van der Waals surface area contributed by atoms with E-state index >= 15 is 0 Å². The molecule has 1 heterocycles. The summed E-state index contributed by atoms with van der Waals surface area (Å²) >= 11 is 0. The Morgan fingerprint density at radius 2 is 0.803 bits per heavy atom. The van der Waals surface area contributed by atoms with Gasteiger partial charge in [-0.1, -0.05) is 140 Å². The van der Waals surface area contributed by atoms with Crippen LogP contribution in [0.1, 0.15) is 18.4 Å². The van der Waals surface area contributed by atoms with Crippen LogP contribution in [0.2, 0.25) is 0 Å². The summed E-state index contributed by atoms with van der Waals surface area (Å²) in [4.78, 5) is 19.2. The SMILES string of the molecule is CC1C=C(N(c2ccccc2)c2ccc(-n3c(=O)n(-c4ccc(N(c5ccccc5)c5ccc(-c6ccccc6)cc5)cc4)c4ccccc43)cc2)C=CC1c1ccccc1. The van der Waals surface area contributed by atoms with Crippen molar-refractivity contribution in [2.75, 3.05) is 9.80 Å². The molecule has 0 N–H and O–H groups in total. The van der Waals surface area contributed by atoms with Gasteiger partial charge < -0.3 is 9.80 Å². The minimum atomic E-state index is -0.128. The minimum Gasteiger partial charge on any atom is -0.311 e. The first-order chi connectivity index (χ1) is 30.1. The molecule has 5 heteroatoms. The Morgan fingerprint density at radius 3 is 1.31 bits per heavy atom. The average Bonchev–Trinajstić information content (AvgIpc) is 3.62. The van der Waals surface area contributed by atoms with Crippen molar-refractivity contribution in [1.82, 2.24) is 9.13 Å². The fraction of sp³-hybridized carbons (Fsp3) is 0.0536. The zero-order chi connectivity index (χ0) is 41.1. The van der Waals surface area contributed by atoms with Gasteiger partial charge in [-0.2, -0.15) is 0 Å². The molecule has 2 unspecified atom stereocenters. The second-order valence-corrected chi connectivity index (χ2v) is 15.5. The number of hydrogen-bond acceptors (Lipinski definition) is 3. The van der Waals surface area contributed by atoms with Gasteiger partial charge in [-0.25, -0.2) is 4.79 Å². The van der Waals surface area contributed by atoms with E-state index in [2.05, 4.69) is 199 Å². The van der Waals surface area contributed by atoms with Crippen LogP contribution in [-0.4, -0.2) is 9.13 Å². The highest BCUT2D eigenvalue weighted by atomic mass is 16.1. The zero-order valence-electron chi connectivity index (χ0n) is 33.9. The maximum Gasteiger partial charge on any atom is 0.338 e. The Morgan fingerprint density at radius 1 is 0.410 bits per heavy atom. The normalized spacial score (nSPS) is 14.7. The van der Waals surface area contributed by atoms with Gasteiger partial charge in [0.25, 0.3) is 0 Å². The highest BCUT2D eigenvalue weighted by molar-refractivity contribution is 5.82. The van der Waals surface area contributed by atoms with Crippen LogP contribution in [-0.2, 0) is 0 Å². The van der Waals surface area contributed by atoms with Crippen molar-refractivity contribution in [3.63, 3.8) is 0 Å². The van der Waals surface area contributed by atoms with Gasteiger partial charge in [0.2, 0.25) is 0 Å². The maximum atomic E-state index is 14.7. The molecule has 0 fully saturated rings. The van der Waals surface area contributed by atoms with Crippen LogP contribution in [0.5, 0.6) is 0 Å². The van der Waals surface area contributed by atoms with Crippen molar-refractivity contribution < 1.29 is 0 Å². The number of rotatable bonds is 10. The molecule has 0 bridgehead atoms. The van der Waals surface area contributed by atoms with Gasteiger partial charge in [0.1, 0.15) is 0 Å². The summed E-state index contributed by atoms with van der Waals surface area (Å²) in [6.07, 6.45) is 6.92. The highest BCUT2D eigenvalue weighted by Crippen LogP contribution is 2.39. The number of para-hydroxylation sites is 4. The van der Waals surface area contributed by atoms with Crippen molar-refractivity contribution >= 4 is 39.5 Å². The van der Waals surface area contributed by atoms with Gasteiger partial charge in [-0.05, 0) is 126 Å². The Balaban J connectivity index is 0.985. The van der Waals surface area contributed by atoms with Crippen LogP contribution in [0.3, 0.4) is 0 Å². The molecule has 0 aliphatic heterocycles. The van der Waals surface area contributed by atoms with Crippen LogP contribution in [0.15, 0.2) is 247 Å². The van der Waals surface area contributed by atoms with Crippen molar-refractivity contribution in [2.24, 2.45) is 5.92 Å². The number of benzene rings is 8. The summed E-state index contributed by atoms with van der Waals surface area (Å²) in [6.45, 7) is 2.28. The van der Waals surface area contributed by atoms with Gasteiger partial charge in [0, 0.05) is 40.1 Å². The number of anilines is 5. The number of imidazole rings is 1. The molecular weight excluding hydrogens is 745 g/mol. The lowest BCUT2D eigenvalue weighted by molar-refractivity contribution is 0.628. The van der Waals surface area contributed by atoms with Crippen LogP contribution < -0.4 is 15.5 Å². The minimum absolute atomic E-state index is 0.128. The van der Waals surface area contributed by atoms with E-state index in [1.165, 1.54) is 11.1 Å². The fourth-order valence-electron chi connectivity index (χ4n) is 8.68. The van der Waals surface area contributed by atoms with E-state index in [4.69, 9.17) is 0 Å². The molecular formula is C56H44N4O. The predicted octanol–water partition coefficient (Wildman–Crippen LogP) is 13.9. The van der Waals surface area contributed by atoms with Gasteiger partial charge in [-0.3, -0.25) is 9.13 Å². The van der Waals surface area contributed by atoms with Gasteiger partial charge >= 0.3 is 5.69 Å². The molecule has 0 spiro atoms. The fourth-order valence-corrected chi connectivity index (χ4v) is 8.68. The molecule has 2 atom stereocenters. The molecule has 1 aliphatic carbocycles. The summed E-state index contributed by atoms with van der Waals surface area (Å²) in [5.74, 6) is 0.616. The number of aromatic nitrogens is 2. The van der Waals surface area contributed by atoms with Crippen LogP contribution >= 0.6 is 0 Å². The number of hydrogen-bond donors (Lipinski definition) is 0. The molecule has 1 aromatic heterocycles. The largest absolute Gasteiger partial charge is 0.338 e. The molecule has 9 aromatic rings. The van der Waals surface area contributed by atoms with Gasteiger partial charge in [0.05, 0.1) is 22.4 Å². The van der Waals surface area contributed by atoms with E-state index in [1.807, 2.05) is 63.7 Å². The summed E-state index contributed by atoms with van der Waals surface area (Å²) < 4.78 is 3.63. The molecule has 0 saturated carbocycles. The molecule has 61 heavy (non-hydrogen) atoms. The molecule has 10 rings (SSSR count). The first-order valence-electron chi connectivity index (χ1n) is 20.8. The molecule has 5 nitrogen and oxygen atoms in total. The third kappa shape index (κ3) is 7.28. The lowest BCUT2D eigenvalue weighted by Crippen LogP contribution is -2.22. The molecule has 294 valence electrons. The summed E-state index contributed by atoms with van der Waals surface area (Å²) in [6, 6.07) is 75.3. The summed E-state index contributed by atoms with van der Waals surface area (Å²) in [7, 11) is 0. The van der Waals surface area contributed by atoms with Crippen LogP contribution in [0.4, 0.5) is 28.4 Å². The molecule has 8 aromatic carbocycles. The lowest BCUT2D eigenvalue weighted by Gasteiger charge is -2.31. The Labute approximate surface area is 356 Å². The molecule has 0 radical (unpaired) electrons. The topological polar surface area (TPSA) is 33.4 Å². The third-order valence-corrected chi connectivity index (χ3v) is 11.7. The van der Waals surface area contributed by atoms with Crippen LogP contribution in [0, 0.1) is 5.92 Å². The number of allylic oxidation sites excluding steroid dienone is 3. The number of nitrogens with zero attached hydrogens (tertiary/aromatic N) is 4. The second-order valence-electron chi connectivity index (χ2n) is 15.5. The van der Waals surface area contributed by atoms with E-state index in [0.29, 0.717) is 11.8 Å². The van der Waals surface area contributed by atoms with Crippen molar-refractivity contribution in [3.8, 4) is 22.5 Å². The summed E-state index contributed by atoms with van der Waals surface area (Å²) in [5.41, 5.74) is 13.1. The average molecular weight is 789 g/mol. The predicted molar refractivity (Wildman–Crippen MR) is 253 cm³/mol. The number of fused-ring (bicyclic) bond motifs is 1. The van der Waals surface area contributed by atoms with E-state index in [1.54, 1.807) is 0 Å². The maximum absolute atomic E-state index is 14.7. The summed E-state index contributed by atoms with van der Waals surface area (Å²) in [5, 5.41) is 0. The first-order valence-corrected chi connectivity index (χ1v) is 20.8. The smallest absolute Gasteiger partial charge is 0.311 e. The lowest BCUT2D eigenvalue weighted by atomic mass is 9.83. The molecule has 0 amide bonds. The van der Waals surface area contributed by atoms with Crippen molar-refractivity contribution in [3.05, 3.63) is 258 Å². The quantitative estimate of drug-likeness (QED) is 0.138. The standard InChI is InChI=1S/C56H44N4O/c1-41-40-52(38-39-53(41)44-18-8-3-9-19-44)58(46-22-12-5-13-23-46)49-32-36-51(37-33-49)60-55-25-15-14-24-54(55)59(56(60)61)50-34-30-48(31-35-50)57(45-20-10-4-11-21-45)47-28-26-43(27-29-47)42-16-6-2-7-17-42/h2-41,53H,1H3. The van der Waals surface area contributed by atoms with Crippen LogP contribution in [0.25, 0.3) is 33.5 Å². The van der Waals surface area contributed by atoms with E-state index in [0.717, 1.165) is 62.1 Å². The van der Waals surface area contributed by atoms with E-state index in [-0.39, 0.29) is 5.69 Å². The third-order valence-electron chi connectivity index (χ3n) is 11.7. The Bertz CT molecular complexity index is 3020. The van der Waals surface area contributed by atoms with Crippen molar-refractivity contribution in [2.45, 2.75) is 12.8 Å². The van der Waals surface area contributed by atoms with E-state index < -0.39 is 0 Å². The molecule has 1 aliphatic rings. The van der Waals surface area contributed by atoms with Gasteiger partial charge in [0.15, 0.2) is 0 Å². The Kier molecular flexibility index (Phi) is 10.1.